The number of benzene rings is 2. The summed E-state index contributed by atoms with van der Waals surface area (Å²) >= 11 is 0. The number of amides is 1. The second-order valence-corrected chi connectivity index (χ2v) is 7.12. The van der Waals surface area contributed by atoms with Gasteiger partial charge >= 0.3 is 0 Å². The fourth-order valence-electron chi connectivity index (χ4n) is 3.28. The van der Waals surface area contributed by atoms with E-state index in [1.165, 1.54) is 17.7 Å². The van der Waals surface area contributed by atoms with Crippen LogP contribution < -0.4 is 10.1 Å². The molecule has 0 radical (unpaired) electrons. The summed E-state index contributed by atoms with van der Waals surface area (Å²) in [7, 11) is 0. The van der Waals surface area contributed by atoms with E-state index >= 15 is 0 Å². The van der Waals surface area contributed by atoms with Crippen molar-refractivity contribution in [3.63, 3.8) is 0 Å². The molecule has 2 aromatic rings. The van der Waals surface area contributed by atoms with Crippen LogP contribution in [0.25, 0.3) is 0 Å². The highest BCUT2D eigenvalue weighted by Crippen LogP contribution is 2.18. The molecule has 1 heterocycles. The molecule has 0 aliphatic carbocycles. The smallest absolute Gasteiger partial charge is 0.223 e. The molecule has 1 saturated heterocycles. The first-order valence-corrected chi connectivity index (χ1v) is 9.54. The first-order valence-electron chi connectivity index (χ1n) is 9.54. The number of halogens is 1. The molecule has 0 atom stereocenters. The first kappa shape index (κ1) is 19.4. The maximum atomic E-state index is 12.9. The zero-order chi connectivity index (χ0) is 19.1. The third-order valence-corrected chi connectivity index (χ3v) is 5.04. The van der Waals surface area contributed by atoms with E-state index < -0.39 is 0 Å². The fraction of sp³-hybridized carbons (Fsp3) is 0.409. The normalized spacial score (nSPS) is 15.5. The van der Waals surface area contributed by atoms with Crippen LogP contribution in [0.1, 0.15) is 24.0 Å². The average molecular weight is 370 g/mol. The number of hydrogen-bond donors (Lipinski definition) is 1. The van der Waals surface area contributed by atoms with E-state index in [9.17, 15) is 9.18 Å². The molecule has 0 unspecified atom stereocenters. The molecular weight excluding hydrogens is 343 g/mol. The van der Waals surface area contributed by atoms with E-state index in [4.69, 9.17) is 4.74 Å². The Morgan fingerprint density at radius 3 is 2.44 bits per heavy atom. The Morgan fingerprint density at radius 1 is 1.11 bits per heavy atom. The van der Waals surface area contributed by atoms with Gasteiger partial charge in [0, 0.05) is 19.0 Å². The van der Waals surface area contributed by atoms with Gasteiger partial charge in [0.15, 0.2) is 0 Å². The largest absolute Gasteiger partial charge is 0.492 e. The van der Waals surface area contributed by atoms with Crippen molar-refractivity contribution in [3.8, 4) is 5.75 Å². The van der Waals surface area contributed by atoms with Crippen molar-refractivity contribution >= 4 is 5.91 Å². The van der Waals surface area contributed by atoms with E-state index in [-0.39, 0.29) is 17.6 Å². The Labute approximate surface area is 160 Å². The summed E-state index contributed by atoms with van der Waals surface area (Å²) in [6.07, 6.45) is 1.72. The van der Waals surface area contributed by atoms with E-state index in [2.05, 4.69) is 17.1 Å². The maximum absolute atomic E-state index is 12.9. The number of rotatable bonds is 7. The van der Waals surface area contributed by atoms with Crippen molar-refractivity contribution < 1.29 is 13.9 Å². The van der Waals surface area contributed by atoms with Gasteiger partial charge in [-0.1, -0.05) is 29.8 Å². The number of nitrogens with zero attached hydrogens (tertiary/aromatic N) is 1. The SMILES string of the molecule is Cc1ccc(OCCN2CCC(C(=O)NCc3ccc(F)cc3)CC2)cc1. The molecule has 5 heteroatoms. The van der Waals surface area contributed by atoms with Crippen LogP contribution in [0.3, 0.4) is 0 Å². The zero-order valence-electron chi connectivity index (χ0n) is 15.8. The lowest BCUT2D eigenvalue weighted by atomic mass is 9.96. The predicted octanol–water partition coefficient (Wildman–Crippen LogP) is 3.54. The molecule has 1 N–H and O–H groups in total. The van der Waals surface area contributed by atoms with Gasteiger partial charge in [0.05, 0.1) is 0 Å². The average Bonchev–Trinajstić information content (AvgIpc) is 2.69. The number of aryl methyl sites for hydroxylation is 1. The summed E-state index contributed by atoms with van der Waals surface area (Å²) in [6.45, 7) is 5.85. The van der Waals surface area contributed by atoms with E-state index in [1.54, 1.807) is 12.1 Å². The molecule has 0 saturated carbocycles. The molecule has 4 nitrogen and oxygen atoms in total. The Hall–Kier alpha value is -2.40. The zero-order valence-corrected chi connectivity index (χ0v) is 15.8. The molecular formula is C22H27FN2O2. The van der Waals surface area contributed by atoms with Crippen LogP contribution in [0.4, 0.5) is 4.39 Å². The third-order valence-electron chi connectivity index (χ3n) is 5.04. The van der Waals surface area contributed by atoms with E-state index in [1.807, 2.05) is 24.3 Å². The summed E-state index contributed by atoms with van der Waals surface area (Å²) in [5.41, 5.74) is 2.14. The van der Waals surface area contributed by atoms with Gasteiger partial charge in [-0.15, -0.1) is 0 Å². The molecule has 144 valence electrons. The minimum absolute atomic E-state index is 0.0553. The first-order chi connectivity index (χ1) is 13.1. The topological polar surface area (TPSA) is 41.6 Å². The summed E-state index contributed by atoms with van der Waals surface area (Å²) < 4.78 is 18.7. The molecule has 1 fully saturated rings. The van der Waals surface area contributed by atoms with Gasteiger partial charge < -0.3 is 10.1 Å². The van der Waals surface area contributed by atoms with Crippen LogP contribution in [0.2, 0.25) is 0 Å². The number of piperidine rings is 1. The minimum Gasteiger partial charge on any atom is -0.492 e. The second-order valence-electron chi connectivity index (χ2n) is 7.12. The lowest BCUT2D eigenvalue weighted by Crippen LogP contribution is -2.41. The molecule has 1 aliphatic heterocycles. The highest BCUT2D eigenvalue weighted by molar-refractivity contribution is 5.78. The third kappa shape index (κ3) is 6.07. The summed E-state index contributed by atoms with van der Waals surface area (Å²) in [5, 5.41) is 2.97. The Kier molecular flexibility index (Phi) is 6.82. The minimum atomic E-state index is -0.260. The predicted molar refractivity (Wildman–Crippen MR) is 104 cm³/mol. The fourth-order valence-corrected chi connectivity index (χ4v) is 3.28. The highest BCUT2D eigenvalue weighted by Gasteiger charge is 2.24. The van der Waals surface area contributed by atoms with Crippen molar-refractivity contribution in [3.05, 3.63) is 65.5 Å². The molecule has 2 aromatic carbocycles. The summed E-state index contributed by atoms with van der Waals surface area (Å²) in [4.78, 5) is 14.7. The maximum Gasteiger partial charge on any atom is 0.223 e. The summed E-state index contributed by atoms with van der Waals surface area (Å²) in [5.74, 6) is 0.786. The number of nitrogens with one attached hydrogen (secondary N) is 1. The van der Waals surface area contributed by atoms with Gasteiger partial charge in [-0.05, 0) is 62.7 Å². The number of carbonyl (C=O) groups is 1. The lowest BCUT2D eigenvalue weighted by Gasteiger charge is -2.31. The van der Waals surface area contributed by atoms with Crippen molar-refractivity contribution in [2.45, 2.75) is 26.3 Å². The number of hydrogen-bond acceptors (Lipinski definition) is 3. The highest BCUT2D eigenvalue weighted by atomic mass is 19.1. The van der Waals surface area contributed by atoms with Crippen molar-refractivity contribution in [1.82, 2.24) is 10.2 Å². The Bertz CT molecular complexity index is 723. The Morgan fingerprint density at radius 2 is 1.78 bits per heavy atom. The standard InChI is InChI=1S/C22H27FN2O2/c1-17-2-8-21(9-3-17)27-15-14-25-12-10-19(11-13-25)22(26)24-16-18-4-6-20(23)7-5-18/h2-9,19H,10-16H2,1H3,(H,24,26). The summed E-state index contributed by atoms with van der Waals surface area (Å²) in [6, 6.07) is 14.3. The van der Waals surface area contributed by atoms with Gasteiger partial charge in [-0.3, -0.25) is 9.69 Å². The van der Waals surface area contributed by atoms with E-state index in [0.717, 1.165) is 43.8 Å². The van der Waals surface area contributed by atoms with Crippen molar-refractivity contribution in [1.29, 1.82) is 0 Å². The molecule has 1 aliphatic rings. The quantitative estimate of drug-likeness (QED) is 0.811. The van der Waals surface area contributed by atoms with Crippen molar-refractivity contribution in [2.75, 3.05) is 26.2 Å². The van der Waals surface area contributed by atoms with Crippen LogP contribution in [0.5, 0.6) is 5.75 Å². The van der Waals surface area contributed by atoms with Crippen LogP contribution in [-0.2, 0) is 11.3 Å². The van der Waals surface area contributed by atoms with E-state index in [0.29, 0.717) is 13.2 Å². The second kappa shape index (κ2) is 9.51. The molecule has 0 bridgehead atoms. The number of carbonyl (C=O) groups excluding carboxylic acids is 1. The molecule has 3 rings (SSSR count). The van der Waals surface area contributed by atoms with Gasteiger partial charge in [-0.2, -0.15) is 0 Å². The van der Waals surface area contributed by atoms with Crippen LogP contribution >= 0.6 is 0 Å². The number of likely N-dealkylation sites (tertiary alicyclic amines) is 1. The molecule has 1 amide bonds. The van der Waals surface area contributed by atoms with Gasteiger partial charge in [0.2, 0.25) is 5.91 Å². The molecule has 0 spiro atoms. The monoisotopic (exact) mass is 370 g/mol. The molecule has 0 aromatic heterocycles. The van der Waals surface area contributed by atoms with Gasteiger partial charge in [0.25, 0.3) is 0 Å². The van der Waals surface area contributed by atoms with Gasteiger partial charge in [-0.25, -0.2) is 4.39 Å². The van der Waals surface area contributed by atoms with Crippen molar-refractivity contribution in [2.24, 2.45) is 5.92 Å². The van der Waals surface area contributed by atoms with Crippen LogP contribution in [0, 0.1) is 18.7 Å². The van der Waals surface area contributed by atoms with Crippen LogP contribution in [0.15, 0.2) is 48.5 Å². The van der Waals surface area contributed by atoms with Gasteiger partial charge in [0.1, 0.15) is 18.2 Å². The lowest BCUT2D eigenvalue weighted by molar-refractivity contribution is -0.126. The molecule has 27 heavy (non-hydrogen) atoms. The number of ether oxygens (including phenoxy) is 1. The Balaban J connectivity index is 1.33. The van der Waals surface area contributed by atoms with Crippen LogP contribution in [-0.4, -0.2) is 37.0 Å².